The van der Waals surface area contributed by atoms with Crippen molar-refractivity contribution in [1.82, 2.24) is 9.88 Å². The number of nitrogens with one attached hydrogen (secondary N) is 2. The van der Waals surface area contributed by atoms with Gasteiger partial charge >= 0.3 is 0 Å². The van der Waals surface area contributed by atoms with Gasteiger partial charge < -0.3 is 25.4 Å². The molecule has 3 aromatic rings. The number of phenols is 1. The van der Waals surface area contributed by atoms with Crippen molar-refractivity contribution in [3.8, 4) is 5.75 Å². The molecule has 0 aliphatic carbocycles. The summed E-state index contributed by atoms with van der Waals surface area (Å²) in [4.78, 5) is 28.6. The standard InChI is InChI=1S/C21H20Cl2N4O2S.CH2O/c1-27-6-4-12-8-19(30-17(12)5-7-27)26-20-15(9-14(23)10-16(20)28)21(29)25-18-3-2-13(22)11-24-18;1-2/h2-3,8-11,26,28H,4-7H2,1H3,(H,24,25,29);1H2. The van der Waals surface area contributed by atoms with Gasteiger partial charge in [0.2, 0.25) is 0 Å². The van der Waals surface area contributed by atoms with E-state index in [9.17, 15) is 9.90 Å². The summed E-state index contributed by atoms with van der Waals surface area (Å²) >= 11 is 13.6. The highest BCUT2D eigenvalue weighted by Crippen LogP contribution is 2.38. The number of hydrogen-bond acceptors (Lipinski definition) is 7. The lowest BCUT2D eigenvalue weighted by molar-refractivity contribution is -0.0980. The van der Waals surface area contributed by atoms with E-state index in [4.69, 9.17) is 28.0 Å². The second kappa shape index (κ2) is 10.8. The van der Waals surface area contributed by atoms with Crippen molar-refractivity contribution in [2.75, 3.05) is 30.8 Å². The number of nitrogens with zero attached hydrogens (tertiary/aromatic N) is 2. The van der Waals surface area contributed by atoms with Crippen molar-refractivity contribution in [3.63, 3.8) is 0 Å². The number of likely N-dealkylation sites (N-methyl/N-ethyl adjacent to an activating group) is 1. The summed E-state index contributed by atoms with van der Waals surface area (Å²) in [5, 5.41) is 18.0. The fraction of sp³-hybridized carbons (Fsp3) is 0.227. The smallest absolute Gasteiger partial charge is 0.259 e. The molecular weight excluding hydrogens is 471 g/mol. The summed E-state index contributed by atoms with van der Waals surface area (Å²) in [6, 6.07) is 8.26. The normalized spacial score (nSPS) is 13.3. The van der Waals surface area contributed by atoms with Crippen molar-refractivity contribution in [3.05, 3.63) is 62.6 Å². The molecule has 0 bridgehead atoms. The summed E-state index contributed by atoms with van der Waals surface area (Å²) in [6.07, 6.45) is 3.41. The van der Waals surface area contributed by atoms with E-state index in [0.29, 0.717) is 16.5 Å². The van der Waals surface area contributed by atoms with Gasteiger partial charge in [-0.15, -0.1) is 11.3 Å². The van der Waals surface area contributed by atoms with Crippen LogP contribution in [0, 0.1) is 0 Å². The van der Waals surface area contributed by atoms with Gasteiger partial charge in [0, 0.05) is 35.3 Å². The minimum atomic E-state index is -0.440. The summed E-state index contributed by atoms with van der Waals surface area (Å²) in [5.41, 5.74) is 1.83. The first-order valence-electron chi connectivity index (χ1n) is 9.70. The fourth-order valence-electron chi connectivity index (χ4n) is 3.33. The van der Waals surface area contributed by atoms with Gasteiger partial charge in [0.1, 0.15) is 18.4 Å². The number of phenolic OH excluding ortho intramolecular Hbond substituents is 1. The molecule has 1 aliphatic heterocycles. The zero-order valence-electron chi connectivity index (χ0n) is 17.3. The van der Waals surface area contributed by atoms with E-state index in [1.165, 1.54) is 28.8 Å². The van der Waals surface area contributed by atoms with E-state index < -0.39 is 5.91 Å². The average molecular weight is 493 g/mol. The van der Waals surface area contributed by atoms with Crippen LogP contribution in [0.25, 0.3) is 0 Å². The number of amides is 1. The number of pyridine rings is 1. The molecule has 1 aromatic carbocycles. The number of halogens is 2. The van der Waals surface area contributed by atoms with Crippen molar-refractivity contribution in [2.45, 2.75) is 12.8 Å². The van der Waals surface area contributed by atoms with Crippen molar-refractivity contribution in [1.29, 1.82) is 0 Å². The van der Waals surface area contributed by atoms with Gasteiger partial charge in [-0.05, 0) is 49.7 Å². The Labute approximate surface area is 200 Å². The van der Waals surface area contributed by atoms with Gasteiger partial charge in [-0.1, -0.05) is 23.2 Å². The molecule has 32 heavy (non-hydrogen) atoms. The van der Waals surface area contributed by atoms with E-state index in [0.717, 1.165) is 30.9 Å². The van der Waals surface area contributed by atoms with E-state index in [1.54, 1.807) is 23.5 Å². The highest BCUT2D eigenvalue weighted by molar-refractivity contribution is 7.16. The van der Waals surface area contributed by atoms with Crippen LogP contribution >= 0.6 is 34.5 Å². The Morgan fingerprint density at radius 2 is 1.91 bits per heavy atom. The Kier molecular flexibility index (Phi) is 8.09. The lowest BCUT2D eigenvalue weighted by atomic mass is 10.1. The van der Waals surface area contributed by atoms with Crippen LogP contribution in [0.3, 0.4) is 0 Å². The monoisotopic (exact) mass is 492 g/mol. The quantitative estimate of drug-likeness (QED) is 0.443. The van der Waals surface area contributed by atoms with Crippen LogP contribution in [0.1, 0.15) is 20.8 Å². The maximum atomic E-state index is 12.9. The first-order chi connectivity index (χ1) is 15.4. The zero-order chi connectivity index (χ0) is 23.3. The topological polar surface area (TPSA) is 94.6 Å². The van der Waals surface area contributed by atoms with E-state index >= 15 is 0 Å². The molecular formula is C22H22Cl2N4O3S. The molecule has 2 aromatic heterocycles. The van der Waals surface area contributed by atoms with Crippen molar-refractivity contribution >= 4 is 63.7 Å². The summed E-state index contributed by atoms with van der Waals surface area (Å²) in [7, 11) is 2.13. The molecule has 0 atom stereocenters. The van der Waals surface area contributed by atoms with Crippen LogP contribution in [0.4, 0.5) is 16.5 Å². The third kappa shape index (κ3) is 5.77. The summed E-state index contributed by atoms with van der Waals surface area (Å²) < 4.78 is 0. The Balaban J connectivity index is 0.00000141. The van der Waals surface area contributed by atoms with Gasteiger partial charge in [-0.3, -0.25) is 4.79 Å². The second-order valence-electron chi connectivity index (χ2n) is 7.15. The van der Waals surface area contributed by atoms with Gasteiger partial charge in [0.15, 0.2) is 0 Å². The van der Waals surface area contributed by atoms with Crippen LogP contribution in [-0.4, -0.2) is 47.8 Å². The summed E-state index contributed by atoms with van der Waals surface area (Å²) in [5.74, 6) is -0.188. The van der Waals surface area contributed by atoms with E-state index in [-0.39, 0.29) is 16.3 Å². The number of rotatable bonds is 4. The van der Waals surface area contributed by atoms with Gasteiger partial charge in [0.05, 0.1) is 21.3 Å². The SMILES string of the molecule is C=O.CN1CCc2cc(Nc3c(O)cc(Cl)cc3C(=O)Nc3ccc(Cl)cn3)sc2CC1. The number of aromatic hydroxyl groups is 1. The van der Waals surface area contributed by atoms with Crippen LogP contribution in [0.15, 0.2) is 36.5 Å². The minimum Gasteiger partial charge on any atom is -0.506 e. The number of carbonyl (C=O) groups excluding carboxylic acids is 2. The molecule has 1 aliphatic rings. The van der Waals surface area contributed by atoms with Crippen molar-refractivity contribution in [2.24, 2.45) is 0 Å². The maximum Gasteiger partial charge on any atom is 0.259 e. The Morgan fingerprint density at radius 3 is 2.62 bits per heavy atom. The molecule has 168 valence electrons. The molecule has 4 rings (SSSR count). The first-order valence-corrected chi connectivity index (χ1v) is 11.3. The van der Waals surface area contributed by atoms with Crippen LogP contribution in [-0.2, 0) is 17.6 Å². The lowest BCUT2D eigenvalue weighted by Gasteiger charge is -2.14. The molecule has 1 amide bonds. The molecule has 0 radical (unpaired) electrons. The third-order valence-electron chi connectivity index (χ3n) is 4.92. The predicted molar refractivity (Wildman–Crippen MR) is 130 cm³/mol. The lowest BCUT2D eigenvalue weighted by Crippen LogP contribution is -2.20. The average Bonchev–Trinajstić information content (AvgIpc) is 3.08. The Hall–Kier alpha value is -2.65. The molecule has 0 unspecified atom stereocenters. The molecule has 3 heterocycles. The van der Waals surface area contributed by atoms with Gasteiger partial charge in [0.25, 0.3) is 5.91 Å². The van der Waals surface area contributed by atoms with Crippen LogP contribution in [0.5, 0.6) is 5.75 Å². The van der Waals surface area contributed by atoms with Crippen LogP contribution in [0.2, 0.25) is 10.0 Å². The number of hydrogen-bond donors (Lipinski definition) is 3. The number of carbonyl (C=O) groups is 2. The molecule has 0 saturated carbocycles. The van der Waals surface area contributed by atoms with Crippen molar-refractivity contribution < 1.29 is 14.7 Å². The molecule has 0 saturated heterocycles. The highest BCUT2D eigenvalue weighted by atomic mass is 35.5. The number of anilines is 3. The fourth-order valence-corrected chi connectivity index (χ4v) is 4.76. The Morgan fingerprint density at radius 1 is 1.16 bits per heavy atom. The van der Waals surface area contributed by atoms with Crippen LogP contribution < -0.4 is 10.6 Å². The van der Waals surface area contributed by atoms with Gasteiger partial charge in [-0.2, -0.15) is 0 Å². The summed E-state index contributed by atoms with van der Waals surface area (Å²) in [6.45, 7) is 4.03. The molecule has 0 spiro atoms. The second-order valence-corrected chi connectivity index (χ2v) is 9.16. The largest absolute Gasteiger partial charge is 0.506 e. The molecule has 10 heteroatoms. The van der Waals surface area contributed by atoms with E-state index in [1.807, 2.05) is 6.79 Å². The number of benzene rings is 1. The van der Waals surface area contributed by atoms with E-state index in [2.05, 4.69) is 33.6 Å². The van der Waals surface area contributed by atoms with Gasteiger partial charge in [-0.25, -0.2) is 4.98 Å². The number of thiophene rings is 1. The number of aromatic nitrogens is 1. The zero-order valence-corrected chi connectivity index (χ0v) is 19.7. The Bertz CT molecular complexity index is 1080. The first kappa shape index (κ1) is 24.0. The maximum absolute atomic E-state index is 12.9. The molecule has 3 N–H and O–H groups in total. The minimum absolute atomic E-state index is 0.0972. The highest BCUT2D eigenvalue weighted by Gasteiger charge is 2.20. The predicted octanol–water partition coefficient (Wildman–Crippen LogP) is 5.00. The molecule has 7 nitrogen and oxygen atoms in total. The third-order valence-corrected chi connectivity index (χ3v) is 6.52. The molecule has 0 fully saturated rings. The number of fused-ring (bicyclic) bond motifs is 1.